The summed E-state index contributed by atoms with van der Waals surface area (Å²) >= 11 is 0. The van der Waals surface area contributed by atoms with Crippen molar-refractivity contribution in [1.82, 2.24) is 5.32 Å². The number of para-hydroxylation sites is 1. The molecule has 0 aliphatic carbocycles. The Kier molecular flexibility index (Phi) is 5.54. The van der Waals surface area contributed by atoms with Gasteiger partial charge in [0.05, 0.1) is 5.56 Å². The highest BCUT2D eigenvalue weighted by Crippen LogP contribution is 2.33. The first kappa shape index (κ1) is 19.0. The van der Waals surface area contributed by atoms with E-state index in [0.717, 1.165) is 23.7 Å². The molecule has 0 fully saturated rings. The molecule has 1 aliphatic rings. The summed E-state index contributed by atoms with van der Waals surface area (Å²) in [7, 11) is 0. The first-order chi connectivity index (χ1) is 12.9. The summed E-state index contributed by atoms with van der Waals surface area (Å²) < 4.78 is 39.0. The van der Waals surface area contributed by atoms with Crippen molar-refractivity contribution >= 4 is 11.6 Å². The number of alkyl halides is 3. The third kappa shape index (κ3) is 4.70. The summed E-state index contributed by atoms with van der Waals surface area (Å²) in [6.07, 6.45) is -2.31. The molecule has 0 bridgehead atoms. The molecule has 0 saturated carbocycles. The lowest BCUT2D eigenvalue weighted by atomic mass is 9.92. The highest BCUT2D eigenvalue weighted by atomic mass is 19.4. The van der Waals surface area contributed by atoms with Crippen LogP contribution in [0, 0.1) is 5.92 Å². The molecule has 3 rings (SSSR count). The molecule has 2 aromatic carbocycles. The third-order valence-electron chi connectivity index (χ3n) is 4.70. The number of halogens is 3. The molecule has 1 amide bonds. The van der Waals surface area contributed by atoms with Crippen LogP contribution in [0.4, 0.5) is 18.9 Å². The lowest BCUT2D eigenvalue weighted by Crippen LogP contribution is -2.40. The van der Waals surface area contributed by atoms with E-state index >= 15 is 0 Å². The smallest absolute Gasteiger partial charge is 0.367 e. The number of carbonyl (C=O) groups excluding carboxylic acids is 1. The van der Waals surface area contributed by atoms with Crippen molar-refractivity contribution in [2.24, 2.45) is 5.92 Å². The van der Waals surface area contributed by atoms with Crippen LogP contribution in [-0.4, -0.2) is 19.0 Å². The first-order valence-corrected chi connectivity index (χ1v) is 8.76. The molecule has 1 N–H and O–H groups in total. The monoisotopic (exact) mass is 374 g/mol. The van der Waals surface area contributed by atoms with Crippen LogP contribution in [0.2, 0.25) is 0 Å². The summed E-state index contributed by atoms with van der Waals surface area (Å²) in [5.41, 5.74) is 2.13. The zero-order chi connectivity index (χ0) is 19.4. The van der Waals surface area contributed by atoms with Crippen molar-refractivity contribution in [2.45, 2.75) is 19.1 Å². The molecular weight excluding hydrogens is 353 g/mol. The van der Waals surface area contributed by atoms with Gasteiger partial charge in [-0.2, -0.15) is 13.2 Å². The zero-order valence-corrected chi connectivity index (χ0v) is 14.8. The Balaban J connectivity index is 1.81. The number of anilines is 1. The molecule has 3 nitrogen and oxygen atoms in total. The van der Waals surface area contributed by atoms with E-state index in [1.54, 1.807) is 6.07 Å². The molecule has 27 heavy (non-hydrogen) atoms. The second-order valence-corrected chi connectivity index (χ2v) is 6.73. The van der Waals surface area contributed by atoms with Crippen molar-refractivity contribution in [3.8, 4) is 0 Å². The predicted octanol–water partition coefficient (Wildman–Crippen LogP) is 4.19. The minimum absolute atomic E-state index is 0.176. The molecule has 1 aliphatic heterocycles. The number of nitrogens with one attached hydrogen (secondary N) is 1. The van der Waals surface area contributed by atoms with Crippen molar-refractivity contribution in [3.05, 3.63) is 77.9 Å². The Hall–Kier alpha value is -2.76. The summed E-state index contributed by atoms with van der Waals surface area (Å²) in [4.78, 5) is 13.5. The Morgan fingerprint density at radius 2 is 2.00 bits per heavy atom. The molecule has 0 aromatic heterocycles. The minimum atomic E-state index is -4.35. The SMILES string of the molecule is C=CC(=O)NCC1Cc2ccccc2N(Cc2cccc(C(F)(F)F)c2)C1. The molecule has 2 aromatic rings. The minimum Gasteiger partial charge on any atom is -0.367 e. The maximum absolute atomic E-state index is 13.0. The van der Waals surface area contributed by atoms with Gasteiger partial charge < -0.3 is 10.2 Å². The highest BCUT2D eigenvalue weighted by molar-refractivity contribution is 5.86. The van der Waals surface area contributed by atoms with Crippen molar-refractivity contribution < 1.29 is 18.0 Å². The zero-order valence-electron chi connectivity index (χ0n) is 14.8. The fourth-order valence-electron chi connectivity index (χ4n) is 3.45. The molecule has 142 valence electrons. The van der Waals surface area contributed by atoms with E-state index in [2.05, 4.69) is 16.8 Å². The van der Waals surface area contributed by atoms with Crippen LogP contribution < -0.4 is 10.2 Å². The largest absolute Gasteiger partial charge is 0.416 e. The Bertz CT molecular complexity index is 832. The number of fused-ring (bicyclic) bond motifs is 1. The van der Waals surface area contributed by atoms with Gasteiger partial charge in [0.2, 0.25) is 5.91 Å². The fraction of sp³-hybridized carbons (Fsp3) is 0.286. The molecule has 1 unspecified atom stereocenters. The van der Waals surface area contributed by atoms with E-state index in [1.165, 1.54) is 18.2 Å². The lowest BCUT2D eigenvalue weighted by Gasteiger charge is -2.36. The summed E-state index contributed by atoms with van der Waals surface area (Å²) in [6.45, 7) is 4.98. The molecule has 0 saturated heterocycles. The Morgan fingerprint density at radius 1 is 1.22 bits per heavy atom. The number of hydrogen-bond donors (Lipinski definition) is 1. The summed E-state index contributed by atoms with van der Waals surface area (Å²) in [5, 5.41) is 2.81. The maximum Gasteiger partial charge on any atom is 0.416 e. The van der Waals surface area contributed by atoms with Crippen LogP contribution in [0.25, 0.3) is 0 Å². The van der Waals surface area contributed by atoms with E-state index in [0.29, 0.717) is 25.2 Å². The molecule has 1 heterocycles. The molecule has 1 atom stereocenters. The second-order valence-electron chi connectivity index (χ2n) is 6.73. The van der Waals surface area contributed by atoms with E-state index in [9.17, 15) is 18.0 Å². The number of benzene rings is 2. The lowest BCUT2D eigenvalue weighted by molar-refractivity contribution is -0.137. The van der Waals surface area contributed by atoms with Gasteiger partial charge in [-0.3, -0.25) is 4.79 Å². The van der Waals surface area contributed by atoms with Gasteiger partial charge in [-0.1, -0.05) is 36.9 Å². The number of amides is 1. The Labute approximate surface area is 156 Å². The average molecular weight is 374 g/mol. The predicted molar refractivity (Wildman–Crippen MR) is 99.3 cm³/mol. The van der Waals surface area contributed by atoms with Gasteiger partial charge in [0, 0.05) is 25.3 Å². The van der Waals surface area contributed by atoms with Crippen molar-refractivity contribution in [1.29, 1.82) is 0 Å². The Morgan fingerprint density at radius 3 is 2.74 bits per heavy atom. The van der Waals surface area contributed by atoms with E-state index in [1.807, 2.05) is 24.3 Å². The molecule has 6 heteroatoms. The van der Waals surface area contributed by atoms with Gasteiger partial charge >= 0.3 is 6.18 Å². The number of hydrogen-bond acceptors (Lipinski definition) is 2. The van der Waals surface area contributed by atoms with Gasteiger partial charge in [-0.05, 0) is 47.7 Å². The van der Waals surface area contributed by atoms with Crippen molar-refractivity contribution in [3.63, 3.8) is 0 Å². The van der Waals surface area contributed by atoms with Crippen LogP contribution in [0.3, 0.4) is 0 Å². The molecule has 0 radical (unpaired) electrons. The van der Waals surface area contributed by atoms with Gasteiger partial charge in [0.25, 0.3) is 0 Å². The van der Waals surface area contributed by atoms with Crippen molar-refractivity contribution in [2.75, 3.05) is 18.0 Å². The number of carbonyl (C=O) groups is 1. The van der Waals surface area contributed by atoms with E-state index in [4.69, 9.17) is 0 Å². The standard InChI is InChI=1S/C21H21F3N2O/c1-2-20(27)25-12-16-10-17-7-3-4-9-19(17)26(14-16)13-15-6-5-8-18(11-15)21(22,23)24/h2-9,11,16H,1,10,12-14H2,(H,25,27). The number of nitrogens with zero attached hydrogens (tertiary/aromatic N) is 1. The first-order valence-electron chi connectivity index (χ1n) is 8.76. The average Bonchev–Trinajstić information content (AvgIpc) is 2.65. The summed E-state index contributed by atoms with van der Waals surface area (Å²) in [5.74, 6) is -0.0483. The van der Waals surface area contributed by atoms with E-state index in [-0.39, 0.29) is 11.8 Å². The maximum atomic E-state index is 13.0. The van der Waals surface area contributed by atoms with Gasteiger partial charge in [-0.15, -0.1) is 0 Å². The number of rotatable bonds is 5. The van der Waals surface area contributed by atoms with Crippen LogP contribution >= 0.6 is 0 Å². The second kappa shape index (κ2) is 7.86. The fourth-order valence-corrected chi connectivity index (χ4v) is 3.45. The van der Waals surface area contributed by atoms with Crippen LogP contribution in [0.1, 0.15) is 16.7 Å². The molecule has 0 spiro atoms. The van der Waals surface area contributed by atoms with E-state index < -0.39 is 11.7 Å². The summed E-state index contributed by atoms with van der Waals surface area (Å²) in [6, 6.07) is 13.3. The highest BCUT2D eigenvalue weighted by Gasteiger charge is 2.31. The van der Waals surface area contributed by atoms with Crippen LogP contribution in [0.5, 0.6) is 0 Å². The van der Waals surface area contributed by atoms with Crippen LogP contribution in [0.15, 0.2) is 61.2 Å². The normalized spacial score (nSPS) is 16.6. The third-order valence-corrected chi connectivity index (χ3v) is 4.70. The van der Waals surface area contributed by atoms with Gasteiger partial charge in [0.15, 0.2) is 0 Å². The van der Waals surface area contributed by atoms with Crippen LogP contribution in [-0.2, 0) is 23.9 Å². The van der Waals surface area contributed by atoms with Gasteiger partial charge in [-0.25, -0.2) is 0 Å². The van der Waals surface area contributed by atoms with Gasteiger partial charge in [0.1, 0.15) is 0 Å². The quantitative estimate of drug-likeness (QED) is 0.796. The topological polar surface area (TPSA) is 32.3 Å². The molecular formula is C21H21F3N2O.